The molecule has 2 fully saturated rings. The van der Waals surface area contributed by atoms with Crippen molar-refractivity contribution in [3.8, 4) is 5.75 Å². The summed E-state index contributed by atoms with van der Waals surface area (Å²) in [5.74, 6) is -0.409. The van der Waals surface area contributed by atoms with Crippen LogP contribution in [0.2, 0.25) is 0 Å². The predicted molar refractivity (Wildman–Crippen MR) is 129 cm³/mol. The summed E-state index contributed by atoms with van der Waals surface area (Å²) >= 11 is 0. The van der Waals surface area contributed by atoms with Crippen molar-refractivity contribution in [1.29, 1.82) is 0 Å². The van der Waals surface area contributed by atoms with Crippen molar-refractivity contribution in [3.63, 3.8) is 0 Å². The first-order chi connectivity index (χ1) is 16.5. The highest BCUT2D eigenvalue weighted by Crippen LogP contribution is 2.50. The number of likely N-dealkylation sites (tertiary alicyclic amines) is 1. The molecule has 0 bridgehead atoms. The third-order valence-corrected chi connectivity index (χ3v) is 7.54. The van der Waals surface area contributed by atoms with Crippen LogP contribution in [0.3, 0.4) is 0 Å². The highest BCUT2D eigenvalue weighted by molar-refractivity contribution is 6.05. The number of imide groups is 1. The van der Waals surface area contributed by atoms with E-state index in [2.05, 4.69) is 18.0 Å². The Morgan fingerprint density at radius 1 is 1.18 bits per heavy atom. The number of hydrogen-bond acceptors (Lipinski definition) is 5. The molecule has 6 nitrogen and oxygen atoms in total. The lowest BCUT2D eigenvalue weighted by Gasteiger charge is -2.31. The number of phenols is 1. The minimum absolute atomic E-state index is 0.00606. The van der Waals surface area contributed by atoms with Gasteiger partial charge in [0.1, 0.15) is 5.75 Å². The van der Waals surface area contributed by atoms with E-state index in [1.54, 1.807) is 25.4 Å². The molecule has 0 spiro atoms. The summed E-state index contributed by atoms with van der Waals surface area (Å²) in [5, 5.41) is 9.89. The molecule has 0 unspecified atom stereocenters. The molecule has 176 valence electrons. The molecule has 4 atom stereocenters. The number of pyridine rings is 1. The average Bonchev–Trinajstić information content (AvgIpc) is 3.37. The molecule has 3 aliphatic rings. The Kier molecular flexibility index (Phi) is 6.09. The number of hydrogen-bond donors (Lipinski definition) is 1. The first kappa shape index (κ1) is 22.5. The zero-order valence-corrected chi connectivity index (χ0v) is 19.6. The second kappa shape index (κ2) is 9.18. The van der Waals surface area contributed by atoms with E-state index in [0.29, 0.717) is 13.0 Å². The van der Waals surface area contributed by atoms with Crippen LogP contribution >= 0.6 is 0 Å². The van der Waals surface area contributed by atoms with Crippen molar-refractivity contribution in [2.45, 2.75) is 38.7 Å². The van der Waals surface area contributed by atoms with Crippen LogP contribution in [-0.2, 0) is 14.3 Å². The number of carbonyl (C=O) groups excluding carboxylic acids is 2. The molecule has 6 heteroatoms. The molecule has 2 aromatic rings. The maximum atomic E-state index is 12.9. The summed E-state index contributed by atoms with van der Waals surface area (Å²) in [5.41, 5.74) is 5.40. The van der Waals surface area contributed by atoms with E-state index in [4.69, 9.17) is 4.74 Å². The molecule has 0 radical (unpaired) electrons. The number of aromatic hydroxyl groups is 1. The molecule has 1 aromatic heterocycles. The Morgan fingerprint density at radius 3 is 2.76 bits per heavy atom. The van der Waals surface area contributed by atoms with Gasteiger partial charge in [0, 0.05) is 19.2 Å². The number of carbonyl (C=O) groups is 2. The van der Waals surface area contributed by atoms with Crippen LogP contribution in [0, 0.1) is 17.8 Å². The van der Waals surface area contributed by atoms with Gasteiger partial charge in [-0.05, 0) is 72.7 Å². The number of aromatic nitrogens is 1. The average molecular weight is 459 g/mol. The van der Waals surface area contributed by atoms with Crippen molar-refractivity contribution in [1.82, 2.24) is 9.88 Å². The van der Waals surface area contributed by atoms with Gasteiger partial charge in [-0.25, -0.2) is 0 Å². The maximum Gasteiger partial charge on any atom is 0.233 e. The van der Waals surface area contributed by atoms with Crippen molar-refractivity contribution in [3.05, 3.63) is 71.1 Å². The normalized spacial score (nSPS) is 26.8. The molecule has 3 heterocycles. The van der Waals surface area contributed by atoms with E-state index in [0.717, 1.165) is 36.1 Å². The number of nitrogens with zero attached hydrogens (tertiary/aromatic N) is 2. The highest BCUT2D eigenvalue weighted by Gasteiger charge is 2.55. The van der Waals surface area contributed by atoms with Gasteiger partial charge < -0.3 is 9.84 Å². The van der Waals surface area contributed by atoms with Gasteiger partial charge in [-0.2, -0.15) is 0 Å². The quantitative estimate of drug-likeness (QED) is 0.511. The minimum Gasteiger partial charge on any atom is -0.508 e. The molecule has 1 N–H and O–H groups in total. The molecule has 2 amide bonds. The van der Waals surface area contributed by atoms with E-state index < -0.39 is 0 Å². The Hall–Kier alpha value is -3.25. The Labute approximate surface area is 200 Å². The highest BCUT2D eigenvalue weighted by atomic mass is 16.5. The van der Waals surface area contributed by atoms with Crippen molar-refractivity contribution in [2.75, 3.05) is 13.7 Å². The van der Waals surface area contributed by atoms with E-state index in [1.807, 2.05) is 30.3 Å². The standard InChI is InChI=1S/C28H30N2O4/c1-3-18-15-21-26(28(33)30(2)27(21)32)22-16-34-24(25(18)22)11-10-19(23-9-4-5-12-29-23)13-17-7-6-8-20(31)14-17/h4-9,12-14,21-22,24,26,31H,3,10-11,15-16H2,1-2H3/b19-13-/t21-,22+,24-,26-/m1/s1. The summed E-state index contributed by atoms with van der Waals surface area (Å²) < 4.78 is 6.29. The SMILES string of the molecule is CCC1=C2[C@@H](CC/C(=C/c3cccc(O)c3)c3ccccn3)OC[C@@H]2[C@@H]2C(=O)N(C)C(=O)[C@@H]2C1. The van der Waals surface area contributed by atoms with Crippen molar-refractivity contribution < 1.29 is 19.4 Å². The first-order valence-corrected chi connectivity index (χ1v) is 12.0. The molecule has 34 heavy (non-hydrogen) atoms. The van der Waals surface area contributed by atoms with Gasteiger partial charge in [0.25, 0.3) is 0 Å². The zero-order chi connectivity index (χ0) is 23.8. The fourth-order valence-corrected chi connectivity index (χ4v) is 5.90. The monoisotopic (exact) mass is 458 g/mol. The van der Waals surface area contributed by atoms with Crippen LogP contribution in [0.25, 0.3) is 11.6 Å². The fraction of sp³-hybridized carbons (Fsp3) is 0.393. The Bertz CT molecular complexity index is 1170. The van der Waals surface area contributed by atoms with E-state index in [-0.39, 0.29) is 41.4 Å². The van der Waals surface area contributed by atoms with Crippen LogP contribution < -0.4 is 0 Å². The molecule has 2 saturated heterocycles. The van der Waals surface area contributed by atoms with Gasteiger partial charge in [0.05, 0.1) is 30.2 Å². The second-order valence-corrected chi connectivity index (χ2v) is 9.43. The summed E-state index contributed by atoms with van der Waals surface area (Å²) in [6.07, 6.45) is 6.82. The second-order valence-electron chi connectivity index (χ2n) is 9.43. The van der Waals surface area contributed by atoms with Crippen molar-refractivity contribution in [2.24, 2.45) is 17.8 Å². The predicted octanol–water partition coefficient (Wildman–Crippen LogP) is 4.46. The van der Waals surface area contributed by atoms with Gasteiger partial charge in [0.15, 0.2) is 0 Å². The molecular weight excluding hydrogens is 428 g/mol. The molecule has 1 aromatic carbocycles. The fourth-order valence-electron chi connectivity index (χ4n) is 5.90. The number of benzene rings is 1. The van der Waals surface area contributed by atoms with Crippen LogP contribution in [-0.4, -0.2) is 46.6 Å². The lowest BCUT2D eigenvalue weighted by atomic mass is 9.69. The van der Waals surface area contributed by atoms with Crippen LogP contribution in [0.4, 0.5) is 0 Å². The molecule has 0 saturated carbocycles. The molecule has 5 rings (SSSR count). The number of phenolic OH excluding ortho intramolecular Hbond substituents is 1. The summed E-state index contributed by atoms with van der Waals surface area (Å²) in [4.78, 5) is 31.4. The largest absolute Gasteiger partial charge is 0.508 e. The third-order valence-electron chi connectivity index (χ3n) is 7.54. The topological polar surface area (TPSA) is 79.7 Å². The van der Waals surface area contributed by atoms with Crippen LogP contribution in [0.5, 0.6) is 5.75 Å². The number of fused-ring (bicyclic) bond motifs is 3. The molecule has 1 aliphatic carbocycles. The minimum atomic E-state index is -0.286. The van der Waals surface area contributed by atoms with Crippen LogP contribution in [0.1, 0.15) is 43.9 Å². The van der Waals surface area contributed by atoms with Crippen LogP contribution in [0.15, 0.2) is 59.8 Å². The number of rotatable bonds is 6. The molecular formula is C28H30N2O4. The van der Waals surface area contributed by atoms with Gasteiger partial charge in [-0.15, -0.1) is 0 Å². The lowest BCUT2D eigenvalue weighted by molar-refractivity contribution is -0.138. The Balaban J connectivity index is 1.42. The van der Waals surface area contributed by atoms with E-state index in [1.165, 1.54) is 16.0 Å². The molecule has 2 aliphatic heterocycles. The number of ether oxygens (including phenoxy) is 1. The number of amides is 2. The van der Waals surface area contributed by atoms with Gasteiger partial charge in [0.2, 0.25) is 11.8 Å². The van der Waals surface area contributed by atoms with Gasteiger partial charge >= 0.3 is 0 Å². The van der Waals surface area contributed by atoms with E-state index in [9.17, 15) is 14.7 Å². The van der Waals surface area contributed by atoms with E-state index >= 15 is 0 Å². The smallest absolute Gasteiger partial charge is 0.233 e. The zero-order valence-electron chi connectivity index (χ0n) is 19.6. The summed E-state index contributed by atoms with van der Waals surface area (Å²) in [6.45, 7) is 2.62. The third kappa shape index (κ3) is 3.96. The first-order valence-electron chi connectivity index (χ1n) is 12.0. The maximum absolute atomic E-state index is 12.9. The summed E-state index contributed by atoms with van der Waals surface area (Å²) in [6, 6.07) is 13.0. The Morgan fingerprint density at radius 2 is 2.03 bits per heavy atom. The van der Waals surface area contributed by atoms with Crippen molar-refractivity contribution >= 4 is 23.5 Å². The lowest BCUT2D eigenvalue weighted by Crippen LogP contribution is -2.33. The number of allylic oxidation sites excluding steroid dienone is 2. The summed E-state index contributed by atoms with van der Waals surface area (Å²) in [7, 11) is 1.60. The van der Waals surface area contributed by atoms with Gasteiger partial charge in [-0.3, -0.25) is 19.5 Å². The van der Waals surface area contributed by atoms with Gasteiger partial charge in [-0.1, -0.05) is 30.7 Å².